The summed E-state index contributed by atoms with van der Waals surface area (Å²) in [6.45, 7) is 0.686. The number of carbonyl (C=O) groups is 1. The van der Waals surface area contributed by atoms with Gasteiger partial charge in [0, 0.05) is 18.5 Å². The van der Waals surface area contributed by atoms with E-state index in [-0.39, 0.29) is 19.1 Å². The van der Waals surface area contributed by atoms with Crippen molar-refractivity contribution in [2.75, 3.05) is 19.8 Å². The van der Waals surface area contributed by atoms with Crippen molar-refractivity contribution in [1.29, 1.82) is 0 Å². The lowest BCUT2D eigenvalue weighted by atomic mass is 10.1. The first-order valence-electron chi connectivity index (χ1n) is 7.83. The molecular formula is C18H17Cl2NO4. The summed E-state index contributed by atoms with van der Waals surface area (Å²) < 4.78 is 10.9. The van der Waals surface area contributed by atoms with Gasteiger partial charge in [-0.25, -0.2) is 0 Å². The molecule has 7 heteroatoms. The van der Waals surface area contributed by atoms with Crippen LogP contribution >= 0.6 is 23.2 Å². The molecule has 0 fully saturated rings. The zero-order valence-corrected chi connectivity index (χ0v) is 14.8. The second kappa shape index (κ2) is 7.95. The van der Waals surface area contributed by atoms with E-state index in [1.165, 1.54) is 0 Å². The Morgan fingerprint density at radius 2 is 2.16 bits per heavy atom. The molecule has 0 bridgehead atoms. The standard InChI is InChI=1S/C18H17Cl2NO4/c19-14-2-1-3-16(17(14)20)25-10-13(22)9-21-18(23)12-4-5-15-11(8-12)6-7-24-15/h1-5,8,13,22H,6-7,9-10H2,(H,21,23). The third-order valence-corrected chi connectivity index (χ3v) is 4.60. The van der Waals surface area contributed by atoms with E-state index < -0.39 is 6.10 Å². The van der Waals surface area contributed by atoms with Crippen molar-refractivity contribution in [1.82, 2.24) is 5.32 Å². The van der Waals surface area contributed by atoms with E-state index in [1.807, 2.05) is 6.07 Å². The van der Waals surface area contributed by atoms with Crippen molar-refractivity contribution in [3.8, 4) is 11.5 Å². The normalized spacial score (nSPS) is 13.7. The van der Waals surface area contributed by atoms with Crippen LogP contribution in [0.5, 0.6) is 11.5 Å². The summed E-state index contributed by atoms with van der Waals surface area (Å²) in [6.07, 6.45) is -0.0791. The third kappa shape index (κ3) is 4.37. The number of aliphatic hydroxyl groups is 1. The highest BCUT2D eigenvalue weighted by Gasteiger charge is 2.16. The van der Waals surface area contributed by atoms with E-state index in [1.54, 1.807) is 30.3 Å². The molecule has 25 heavy (non-hydrogen) atoms. The maximum Gasteiger partial charge on any atom is 0.251 e. The van der Waals surface area contributed by atoms with Crippen LogP contribution in [0.25, 0.3) is 0 Å². The lowest BCUT2D eigenvalue weighted by Crippen LogP contribution is -2.35. The smallest absolute Gasteiger partial charge is 0.251 e. The molecule has 132 valence electrons. The average molecular weight is 382 g/mol. The van der Waals surface area contributed by atoms with Crippen LogP contribution in [0.15, 0.2) is 36.4 Å². The lowest BCUT2D eigenvalue weighted by molar-refractivity contribution is 0.0844. The molecule has 1 amide bonds. The molecule has 1 heterocycles. The first-order chi connectivity index (χ1) is 12.0. The summed E-state index contributed by atoms with van der Waals surface area (Å²) in [5.74, 6) is 0.955. The van der Waals surface area contributed by atoms with Gasteiger partial charge >= 0.3 is 0 Å². The molecule has 1 aliphatic rings. The van der Waals surface area contributed by atoms with Crippen LogP contribution in [0.2, 0.25) is 10.0 Å². The highest BCUT2D eigenvalue weighted by molar-refractivity contribution is 6.42. The monoisotopic (exact) mass is 381 g/mol. The van der Waals surface area contributed by atoms with Crippen LogP contribution in [0.3, 0.4) is 0 Å². The molecule has 1 atom stereocenters. The summed E-state index contributed by atoms with van der Waals surface area (Å²) in [4.78, 5) is 12.2. The number of aliphatic hydroxyl groups excluding tert-OH is 1. The minimum atomic E-state index is -0.878. The Bertz CT molecular complexity index is 782. The fraction of sp³-hybridized carbons (Fsp3) is 0.278. The number of fused-ring (bicyclic) bond motifs is 1. The predicted octanol–water partition coefficient (Wildman–Crippen LogP) is 3.10. The van der Waals surface area contributed by atoms with Crippen molar-refractivity contribution < 1.29 is 19.4 Å². The molecule has 1 unspecified atom stereocenters. The van der Waals surface area contributed by atoms with Crippen LogP contribution in [0, 0.1) is 0 Å². The molecule has 0 aromatic heterocycles. The maximum atomic E-state index is 12.2. The molecule has 1 aliphatic heterocycles. The molecule has 2 N–H and O–H groups in total. The highest BCUT2D eigenvalue weighted by Crippen LogP contribution is 2.31. The maximum absolute atomic E-state index is 12.2. The van der Waals surface area contributed by atoms with Crippen molar-refractivity contribution in [3.63, 3.8) is 0 Å². The number of benzene rings is 2. The van der Waals surface area contributed by atoms with E-state index in [2.05, 4.69) is 5.32 Å². The second-order valence-corrected chi connectivity index (χ2v) is 6.43. The molecule has 0 aliphatic carbocycles. The van der Waals surface area contributed by atoms with E-state index in [9.17, 15) is 9.90 Å². The van der Waals surface area contributed by atoms with Gasteiger partial charge in [-0.15, -0.1) is 0 Å². The van der Waals surface area contributed by atoms with Crippen molar-refractivity contribution in [2.24, 2.45) is 0 Å². The Labute approximate surface area is 155 Å². The van der Waals surface area contributed by atoms with Crippen LogP contribution in [0.1, 0.15) is 15.9 Å². The minimum absolute atomic E-state index is 0.0155. The van der Waals surface area contributed by atoms with Gasteiger partial charge in [-0.1, -0.05) is 29.3 Å². The first kappa shape index (κ1) is 17.9. The Balaban J connectivity index is 1.49. The topological polar surface area (TPSA) is 67.8 Å². The lowest BCUT2D eigenvalue weighted by Gasteiger charge is -2.14. The van der Waals surface area contributed by atoms with Gasteiger partial charge in [-0.05, 0) is 35.9 Å². The van der Waals surface area contributed by atoms with Gasteiger partial charge in [0.1, 0.15) is 29.2 Å². The molecular weight excluding hydrogens is 365 g/mol. The number of carbonyl (C=O) groups excluding carboxylic acids is 1. The molecule has 5 nitrogen and oxygen atoms in total. The van der Waals surface area contributed by atoms with E-state index >= 15 is 0 Å². The van der Waals surface area contributed by atoms with Crippen LogP contribution in [-0.2, 0) is 6.42 Å². The van der Waals surface area contributed by atoms with Crippen molar-refractivity contribution in [2.45, 2.75) is 12.5 Å². The quantitative estimate of drug-likeness (QED) is 0.806. The van der Waals surface area contributed by atoms with Gasteiger partial charge in [0.25, 0.3) is 5.91 Å². The van der Waals surface area contributed by atoms with Crippen molar-refractivity contribution >= 4 is 29.1 Å². The Morgan fingerprint density at radius 3 is 3.00 bits per heavy atom. The number of nitrogens with one attached hydrogen (secondary N) is 1. The molecule has 0 saturated heterocycles. The highest BCUT2D eigenvalue weighted by atomic mass is 35.5. The molecule has 0 radical (unpaired) electrons. The van der Waals surface area contributed by atoms with Gasteiger partial charge in [0.2, 0.25) is 0 Å². The number of halogens is 2. The largest absolute Gasteiger partial charge is 0.493 e. The van der Waals surface area contributed by atoms with Gasteiger partial charge in [-0.3, -0.25) is 4.79 Å². The zero-order chi connectivity index (χ0) is 17.8. The average Bonchev–Trinajstić information content (AvgIpc) is 3.08. The van der Waals surface area contributed by atoms with Gasteiger partial charge in [0.05, 0.1) is 11.6 Å². The van der Waals surface area contributed by atoms with Gasteiger partial charge in [0.15, 0.2) is 0 Å². The summed E-state index contributed by atoms with van der Waals surface area (Å²) in [7, 11) is 0. The van der Waals surface area contributed by atoms with Crippen LogP contribution in [0.4, 0.5) is 0 Å². The Hall–Kier alpha value is -1.95. The predicted molar refractivity (Wildman–Crippen MR) is 95.9 cm³/mol. The molecule has 2 aromatic rings. The van der Waals surface area contributed by atoms with Crippen LogP contribution < -0.4 is 14.8 Å². The summed E-state index contributed by atoms with van der Waals surface area (Å²) in [5, 5.41) is 13.3. The summed E-state index contributed by atoms with van der Waals surface area (Å²) in [6, 6.07) is 10.3. The van der Waals surface area contributed by atoms with Gasteiger partial charge < -0.3 is 19.9 Å². The first-order valence-corrected chi connectivity index (χ1v) is 8.59. The number of ether oxygens (including phenoxy) is 2. The minimum Gasteiger partial charge on any atom is -0.493 e. The number of rotatable bonds is 6. The summed E-state index contributed by atoms with van der Waals surface area (Å²) in [5.41, 5.74) is 1.56. The fourth-order valence-corrected chi connectivity index (χ4v) is 2.83. The Morgan fingerprint density at radius 1 is 1.32 bits per heavy atom. The van der Waals surface area contributed by atoms with E-state index in [0.717, 1.165) is 17.7 Å². The van der Waals surface area contributed by atoms with Crippen molar-refractivity contribution in [3.05, 3.63) is 57.6 Å². The zero-order valence-electron chi connectivity index (χ0n) is 13.3. The van der Waals surface area contributed by atoms with E-state index in [0.29, 0.717) is 28.0 Å². The SMILES string of the molecule is O=C(NCC(O)COc1cccc(Cl)c1Cl)c1ccc2c(c1)CCO2. The molecule has 2 aromatic carbocycles. The third-order valence-electron chi connectivity index (χ3n) is 3.80. The van der Waals surface area contributed by atoms with Crippen LogP contribution in [-0.4, -0.2) is 36.9 Å². The molecule has 0 saturated carbocycles. The van der Waals surface area contributed by atoms with Gasteiger partial charge in [-0.2, -0.15) is 0 Å². The number of hydrogen-bond acceptors (Lipinski definition) is 4. The number of hydrogen-bond donors (Lipinski definition) is 2. The summed E-state index contributed by atoms with van der Waals surface area (Å²) >= 11 is 11.9. The molecule has 3 rings (SSSR count). The second-order valence-electron chi connectivity index (χ2n) is 5.65. The number of amides is 1. The Kier molecular flexibility index (Phi) is 5.68. The molecule has 0 spiro atoms. The fourth-order valence-electron chi connectivity index (χ4n) is 2.48. The van der Waals surface area contributed by atoms with E-state index in [4.69, 9.17) is 32.7 Å².